The topological polar surface area (TPSA) is 27.7 Å². The third-order valence-electron chi connectivity index (χ3n) is 1.65. The molecule has 0 heterocycles. The van der Waals surface area contributed by atoms with Crippen molar-refractivity contribution in [2.75, 3.05) is 26.4 Å². The van der Waals surface area contributed by atoms with Gasteiger partial charge in [0.05, 0.1) is 6.61 Å². The molecule has 86 valence electrons. The second-order valence-electron chi connectivity index (χ2n) is 3.60. The van der Waals surface area contributed by atoms with Crippen molar-refractivity contribution in [3.05, 3.63) is 0 Å². The highest BCUT2D eigenvalue weighted by Crippen LogP contribution is 2.02. The first-order chi connectivity index (χ1) is 6.70. The van der Waals surface area contributed by atoms with Crippen molar-refractivity contribution in [1.29, 1.82) is 0 Å². The SMILES string of the molecule is CCOC(CCOCC(C)C)OCC. The van der Waals surface area contributed by atoms with E-state index in [4.69, 9.17) is 14.2 Å². The molecule has 0 aliphatic carbocycles. The highest BCUT2D eigenvalue weighted by molar-refractivity contribution is 4.46. The monoisotopic (exact) mass is 204 g/mol. The van der Waals surface area contributed by atoms with Crippen LogP contribution in [0.2, 0.25) is 0 Å². The molecule has 0 N–H and O–H groups in total. The second kappa shape index (κ2) is 9.44. The van der Waals surface area contributed by atoms with Crippen molar-refractivity contribution in [1.82, 2.24) is 0 Å². The highest BCUT2D eigenvalue weighted by Gasteiger charge is 2.07. The van der Waals surface area contributed by atoms with Crippen molar-refractivity contribution >= 4 is 0 Å². The summed E-state index contributed by atoms with van der Waals surface area (Å²) in [6.45, 7) is 11.1. The number of rotatable bonds is 9. The van der Waals surface area contributed by atoms with E-state index in [2.05, 4.69) is 13.8 Å². The minimum absolute atomic E-state index is 0.0998. The molecule has 0 aromatic heterocycles. The van der Waals surface area contributed by atoms with Crippen molar-refractivity contribution in [3.8, 4) is 0 Å². The second-order valence-corrected chi connectivity index (χ2v) is 3.60. The van der Waals surface area contributed by atoms with Crippen molar-refractivity contribution in [2.24, 2.45) is 5.92 Å². The number of ether oxygens (including phenoxy) is 3. The summed E-state index contributed by atoms with van der Waals surface area (Å²) in [5, 5.41) is 0. The van der Waals surface area contributed by atoms with Gasteiger partial charge >= 0.3 is 0 Å². The van der Waals surface area contributed by atoms with Gasteiger partial charge in [-0.3, -0.25) is 0 Å². The van der Waals surface area contributed by atoms with Crippen LogP contribution in [0.4, 0.5) is 0 Å². The Hall–Kier alpha value is -0.120. The molecule has 0 aliphatic rings. The summed E-state index contributed by atoms with van der Waals surface area (Å²) in [6, 6.07) is 0. The summed E-state index contributed by atoms with van der Waals surface area (Å²) in [5.41, 5.74) is 0. The molecule has 0 unspecified atom stereocenters. The molecule has 0 bridgehead atoms. The summed E-state index contributed by atoms with van der Waals surface area (Å²) >= 11 is 0. The number of hydrogen-bond acceptors (Lipinski definition) is 3. The number of hydrogen-bond donors (Lipinski definition) is 0. The Balaban J connectivity index is 3.40. The van der Waals surface area contributed by atoms with Crippen LogP contribution in [-0.2, 0) is 14.2 Å². The molecule has 0 saturated carbocycles. The third kappa shape index (κ3) is 8.48. The molecular weight excluding hydrogens is 180 g/mol. The zero-order valence-corrected chi connectivity index (χ0v) is 9.91. The van der Waals surface area contributed by atoms with Gasteiger partial charge in [0, 0.05) is 26.2 Å². The Morgan fingerprint density at radius 1 is 1.00 bits per heavy atom. The molecule has 3 heteroatoms. The van der Waals surface area contributed by atoms with Gasteiger partial charge in [-0.1, -0.05) is 13.8 Å². The first-order valence-electron chi connectivity index (χ1n) is 5.51. The van der Waals surface area contributed by atoms with Crippen molar-refractivity contribution in [3.63, 3.8) is 0 Å². The Morgan fingerprint density at radius 3 is 2.00 bits per heavy atom. The third-order valence-corrected chi connectivity index (χ3v) is 1.65. The average molecular weight is 204 g/mol. The first-order valence-corrected chi connectivity index (χ1v) is 5.51. The molecule has 0 radical (unpaired) electrons. The minimum Gasteiger partial charge on any atom is -0.381 e. The van der Waals surface area contributed by atoms with E-state index in [0.29, 0.717) is 25.7 Å². The lowest BCUT2D eigenvalue weighted by Gasteiger charge is -2.17. The molecule has 0 spiro atoms. The lowest BCUT2D eigenvalue weighted by Crippen LogP contribution is -2.20. The Labute approximate surface area is 87.7 Å². The maximum Gasteiger partial charge on any atom is 0.159 e. The molecule has 0 aliphatic heterocycles. The summed E-state index contributed by atoms with van der Waals surface area (Å²) < 4.78 is 16.2. The van der Waals surface area contributed by atoms with Gasteiger partial charge in [0.1, 0.15) is 0 Å². The standard InChI is InChI=1S/C11H24O3/c1-5-13-11(14-6-2)7-8-12-9-10(3)4/h10-11H,5-9H2,1-4H3. The van der Waals surface area contributed by atoms with E-state index in [9.17, 15) is 0 Å². The smallest absolute Gasteiger partial charge is 0.159 e. The Bertz CT molecular complexity index is 109. The van der Waals surface area contributed by atoms with Gasteiger partial charge in [-0.25, -0.2) is 0 Å². The normalized spacial score (nSPS) is 11.6. The van der Waals surface area contributed by atoms with Gasteiger partial charge in [0.25, 0.3) is 0 Å². The summed E-state index contributed by atoms with van der Waals surface area (Å²) in [4.78, 5) is 0. The van der Waals surface area contributed by atoms with E-state index in [1.807, 2.05) is 13.8 Å². The maximum atomic E-state index is 5.46. The Kier molecular flexibility index (Phi) is 9.35. The lowest BCUT2D eigenvalue weighted by atomic mass is 10.2. The molecule has 3 nitrogen and oxygen atoms in total. The van der Waals surface area contributed by atoms with Crippen LogP contribution in [-0.4, -0.2) is 32.7 Å². The Morgan fingerprint density at radius 2 is 1.57 bits per heavy atom. The van der Waals surface area contributed by atoms with Gasteiger partial charge in [-0.15, -0.1) is 0 Å². The summed E-state index contributed by atoms with van der Waals surface area (Å²) in [6.07, 6.45) is 0.714. The fourth-order valence-electron chi connectivity index (χ4n) is 1.09. The van der Waals surface area contributed by atoms with E-state index in [1.165, 1.54) is 0 Å². The lowest BCUT2D eigenvalue weighted by molar-refractivity contribution is -0.147. The van der Waals surface area contributed by atoms with Crippen molar-refractivity contribution in [2.45, 2.75) is 40.4 Å². The summed E-state index contributed by atoms with van der Waals surface area (Å²) in [5.74, 6) is 0.590. The van der Waals surface area contributed by atoms with Gasteiger partial charge in [-0.05, 0) is 19.8 Å². The molecular formula is C11H24O3. The predicted molar refractivity (Wildman–Crippen MR) is 57.3 cm³/mol. The van der Waals surface area contributed by atoms with Gasteiger partial charge in [0.2, 0.25) is 0 Å². The quantitative estimate of drug-likeness (QED) is 0.426. The van der Waals surface area contributed by atoms with Crippen molar-refractivity contribution < 1.29 is 14.2 Å². The minimum atomic E-state index is -0.0998. The summed E-state index contributed by atoms with van der Waals surface area (Å²) in [7, 11) is 0. The van der Waals surface area contributed by atoms with Crippen LogP contribution < -0.4 is 0 Å². The van der Waals surface area contributed by atoms with E-state index >= 15 is 0 Å². The van der Waals surface area contributed by atoms with Crippen LogP contribution in [0.3, 0.4) is 0 Å². The van der Waals surface area contributed by atoms with Crippen LogP contribution in [0.5, 0.6) is 0 Å². The molecule has 0 aromatic carbocycles. The maximum absolute atomic E-state index is 5.46. The van der Waals surface area contributed by atoms with E-state index in [1.54, 1.807) is 0 Å². The average Bonchev–Trinajstić information content (AvgIpc) is 2.12. The predicted octanol–water partition coefficient (Wildman–Crippen LogP) is 2.45. The molecule has 14 heavy (non-hydrogen) atoms. The van der Waals surface area contributed by atoms with Crippen LogP contribution in [0.25, 0.3) is 0 Å². The van der Waals surface area contributed by atoms with Crippen LogP contribution in [0.1, 0.15) is 34.1 Å². The first kappa shape index (κ1) is 13.9. The molecule has 0 saturated heterocycles. The van der Waals surface area contributed by atoms with Crippen LogP contribution >= 0.6 is 0 Å². The van der Waals surface area contributed by atoms with E-state index in [-0.39, 0.29) is 6.29 Å². The molecule has 0 rings (SSSR count). The highest BCUT2D eigenvalue weighted by atomic mass is 16.7. The van der Waals surface area contributed by atoms with Gasteiger partial charge in [-0.2, -0.15) is 0 Å². The fourth-order valence-corrected chi connectivity index (χ4v) is 1.09. The molecule has 0 amide bonds. The molecule has 0 atom stereocenters. The van der Waals surface area contributed by atoms with Gasteiger partial charge < -0.3 is 14.2 Å². The van der Waals surface area contributed by atoms with E-state index in [0.717, 1.165) is 13.0 Å². The molecule has 0 aromatic rings. The fraction of sp³-hybridized carbons (Fsp3) is 1.00. The van der Waals surface area contributed by atoms with Crippen LogP contribution in [0.15, 0.2) is 0 Å². The zero-order chi connectivity index (χ0) is 10.8. The van der Waals surface area contributed by atoms with Crippen LogP contribution in [0, 0.1) is 5.92 Å². The largest absolute Gasteiger partial charge is 0.381 e. The van der Waals surface area contributed by atoms with Gasteiger partial charge in [0.15, 0.2) is 6.29 Å². The zero-order valence-electron chi connectivity index (χ0n) is 9.91. The molecule has 0 fully saturated rings. The van der Waals surface area contributed by atoms with E-state index < -0.39 is 0 Å².